The molecule has 4 nitrogen and oxygen atoms in total. The molecule has 1 N–H and O–H groups in total. The lowest BCUT2D eigenvalue weighted by molar-refractivity contribution is 0.0945. The summed E-state index contributed by atoms with van der Waals surface area (Å²) in [6, 6.07) is 7.49. The van der Waals surface area contributed by atoms with Crippen LogP contribution >= 0.6 is 11.6 Å². The summed E-state index contributed by atoms with van der Waals surface area (Å²) < 4.78 is 38.6. The molecular formula is C19H16ClF2NO3. The van der Waals surface area contributed by atoms with E-state index in [1.165, 1.54) is 6.07 Å². The van der Waals surface area contributed by atoms with Crippen LogP contribution in [0.1, 0.15) is 15.9 Å². The summed E-state index contributed by atoms with van der Waals surface area (Å²) in [5.41, 5.74) is 0.427. The molecule has 136 valence electrons. The van der Waals surface area contributed by atoms with E-state index in [1.54, 1.807) is 24.3 Å². The lowest BCUT2D eigenvalue weighted by Crippen LogP contribution is -2.27. The Morgan fingerprint density at radius 1 is 1.00 bits per heavy atom. The van der Waals surface area contributed by atoms with Crippen molar-refractivity contribution in [3.63, 3.8) is 0 Å². The summed E-state index contributed by atoms with van der Waals surface area (Å²) in [4.78, 5) is 12.3. The fourth-order valence-electron chi connectivity index (χ4n) is 2.50. The molecule has 0 radical (unpaired) electrons. The molecule has 0 aromatic heterocycles. The van der Waals surface area contributed by atoms with Gasteiger partial charge in [-0.3, -0.25) is 4.79 Å². The molecule has 0 atom stereocenters. The van der Waals surface area contributed by atoms with Crippen molar-refractivity contribution < 1.29 is 23.0 Å². The zero-order chi connectivity index (χ0) is 18.5. The van der Waals surface area contributed by atoms with Gasteiger partial charge in [0, 0.05) is 6.54 Å². The van der Waals surface area contributed by atoms with Gasteiger partial charge < -0.3 is 14.8 Å². The minimum Gasteiger partial charge on any atom is -0.489 e. The maximum absolute atomic E-state index is 14.1. The number of amides is 1. The van der Waals surface area contributed by atoms with Crippen LogP contribution in [0.2, 0.25) is 5.02 Å². The van der Waals surface area contributed by atoms with Gasteiger partial charge in [-0.05, 0) is 48.4 Å². The van der Waals surface area contributed by atoms with E-state index in [4.69, 9.17) is 21.1 Å². The largest absolute Gasteiger partial charge is 0.489 e. The van der Waals surface area contributed by atoms with E-state index < -0.39 is 23.1 Å². The monoisotopic (exact) mass is 379 g/mol. The summed E-state index contributed by atoms with van der Waals surface area (Å²) in [6.07, 6.45) is 3.82. The van der Waals surface area contributed by atoms with Crippen LogP contribution in [0.3, 0.4) is 0 Å². The molecular weight excluding hydrogens is 364 g/mol. The van der Waals surface area contributed by atoms with Gasteiger partial charge >= 0.3 is 0 Å². The predicted octanol–water partition coefficient (Wildman–Crippen LogP) is 3.92. The number of carbonyl (C=O) groups is 1. The average molecular weight is 380 g/mol. The van der Waals surface area contributed by atoms with E-state index in [0.717, 1.165) is 11.6 Å². The Balaban J connectivity index is 1.88. The van der Waals surface area contributed by atoms with Crippen molar-refractivity contribution in [3.05, 3.63) is 70.3 Å². The Morgan fingerprint density at radius 3 is 2.42 bits per heavy atom. The summed E-state index contributed by atoms with van der Waals surface area (Å²) in [5.74, 6) is -2.55. The van der Waals surface area contributed by atoms with Gasteiger partial charge in [-0.25, -0.2) is 8.78 Å². The lowest BCUT2D eigenvalue weighted by atomic mass is 10.1. The van der Waals surface area contributed by atoms with Gasteiger partial charge in [0.05, 0.1) is 5.02 Å². The first-order valence-electron chi connectivity index (χ1n) is 8.01. The van der Waals surface area contributed by atoms with Crippen LogP contribution in [0.4, 0.5) is 8.78 Å². The second kappa shape index (κ2) is 8.19. The van der Waals surface area contributed by atoms with Gasteiger partial charge in [-0.2, -0.15) is 0 Å². The van der Waals surface area contributed by atoms with Gasteiger partial charge in [0.25, 0.3) is 5.91 Å². The number of halogens is 3. The van der Waals surface area contributed by atoms with Crippen LogP contribution in [-0.4, -0.2) is 25.7 Å². The van der Waals surface area contributed by atoms with E-state index in [9.17, 15) is 13.6 Å². The van der Waals surface area contributed by atoms with Gasteiger partial charge in [0.2, 0.25) is 0 Å². The molecule has 2 aromatic carbocycles. The van der Waals surface area contributed by atoms with Gasteiger partial charge in [-0.15, -0.1) is 0 Å². The first-order chi connectivity index (χ1) is 12.6. The van der Waals surface area contributed by atoms with Crippen LogP contribution in [0.5, 0.6) is 11.5 Å². The lowest BCUT2D eigenvalue weighted by Gasteiger charge is -2.13. The van der Waals surface area contributed by atoms with Crippen LogP contribution in [0.15, 0.2) is 42.5 Å². The number of benzene rings is 2. The highest BCUT2D eigenvalue weighted by molar-refractivity contribution is 6.32. The molecule has 2 aliphatic heterocycles. The number of hydrogen-bond donors (Lipinski definition) is 1. The number of nitrogens with one attached hydrogen (secondary N) is 1. The Kier molecular flexibility index (Phi) is 5.73. The fraction of sp³-hybridized carbons (Fsp3) is 0.211. The molecule has 2 aliphatic rings. The van der Waals surface area contributed by atoms with Crippen LogP contribution in [-0.2, 0) is 6.42 Å². The Bertz CT molecular complexity index is 855. The van der Waals surface area contributed by atoms with Crippen molar-refractivity contribution in [1.29, 1.82) is 0 Å². The molecule has 2 aromatic rings. The Morgan fingerprint density at radius 2 is 1.69 bits per heavy atom. The van der Waals surface area contributed by atoms with E-state index in [-0.39, 0.29) is 25.5 Å². The third-order valence-corrected chi connectivity index (χ3v) is 4.11. The second-order valence-electron chi connectivity index (χ2n) is 5.60. The maximum atomic E-state index is 14.1. The van der Waals surface area contributed by atoms with E-state index >= 15 is 0 Å². The van der Waals surface area contributed by atoms with Crippen LogP contribution in [0.25, 0.3) is 0 Å². The zero-order valence-electron chi connectivity index (χ0n) is 13.7. The van der Waals surface area contributed by atoms with Crippen LogP contribution < -0.4 is 14.8 Å². The van der Waals surface area contributed by atoms with Gasteiger partial charge in [0.15, 0.2) is 11.6 Å². The van der Waals surface area contributed by atoms with Gasteiger partial charge in [-0.1, -0.05) is 17.7 Å². The number of rotatable bonds is 0. The summed E-state index contributed by atoms with van der Waals surface area (Å²) in [5, 5.41) is 3.04. The van der Waals surface area contributed by atoms with Crippen molar-refractivity contribution in [3.8, 4) is 11.5 Å². The minimum atomic E-state index is -1.24. The molecule has 0 saturated heterocycles. The molecule has 0 saturated carbocycles. The SMILES string of the molecule is O=C1NCCc2ccc(c(Cl)c2)OC/C=C/COc2ccc(F)c(F)c21. The summed E-state index contributed by atoms with van der Waals surface area (Å²) >= 11 is 6.17. The quantitative estimate of drug-likeness (QED) is 0.706. The van der Waals surface area contributed by atoms with Crippen molar-refractivity contribution in [2.75, 3.05) is 19.8 Å². The number of ether oxygens (including phenoxy) is 2. The van der Waals surface area contributed by atoms with Crippen molar-refractivity contribution in [1.82, 2.24) is 5.32 Å². The van der Waals surface area contributed by atoms with Crippen LogP contribution in [0, 0.1) is 11.6 Å². The molecule has 0 spiro atoms. The topological polar surface area (TPSA) is 47.6 Å². The van der Waals surface area contributed by atoms with Crippen molar-refractivity contribution in [2.24, 2.45) is 0 Å². The number of hydrogen-bond acceptors (Lipinski definition) is 3. The third-order valence-electron chi connectivity index (χ3n) is 3.82. The molecule has 1 amide bonds. The summed E-state index contributed by atoms with van der Waals surface area (Å²) in [6.45, 7) is 0.569. The first kappa shape index (κ1) is 18.2. The molecule has 2 heterocycles. The van der Waals surface area contributed by atoms with E-state index in [0.29, 0.717) is 17.2 Å². The third kappa shape index (κ3) is 4.14. The molecule has 26 heavy (non-hydrogen) atoms. The first-order valence-corrected chi connectivity index (χ1v) is 8.39. The average Bonchev–Trinajstić information content (AvgIpc) is 2.61. The number of carbonyl (C=O) groups excluding carboxylic acids is 1. The normalized spacial score (nSPS) is 16.2. The highest BCUT2D eigenvalue weighted by Gasteiger charge is 2.21. The van der Waals surface area contributed by atoms with Gasteiger partial charge in [0.1, 0.15) is 30.3 Å². The standard InChI is InChI=1S/C19H16ClF2NO3/c20-13-11-12-3-5-15(13)25-9-1-2-10-26-16-6-4-14(21)18(22)17(16)19(24)23-8-7-12/h1-6,11H,7-10H2,(H,23,24)/b2-1+. The van der Waals surface area contributed by atoms with E-state index in [1.807, 2.05) is 6.07 Å². The zero-order valence-corrected chi connectivity index (χ0v) is 14.5. The smallest absolute Gasteiger partial charge is 0.258 e. The minimum absolute atomic E-state index is 0.0227. The highest BCUT2D eigenvalue weighted by Crippen LogP contribution is 2.26. The van der Waals surface area contributed by atoms with Crippen molar-refractivity contribution in [2.45, 2.75) is 6.42 Å². The molecule has 7 heteroatoms. The summed E-state index contributed by atoms with van der Waals surface area (Å²) in [7, 11) is 0. The number of fused-ring (bicyclic) bond motifs is 9. The van der Waals surface area contributed by atoms with E-state index in [2.05, 4.69) is 5.32 Å². The molecule has 2 bridgehead atoms. The fourth-order valence-corrected chi connectivity index (χ4v) is 2.76. The second-order valence-corrected chi connectivity index (χ2v) is 6.01. The molecule has 0 unspecified atom stereocenters. The molecule has 4 rings (SSSR count). The Hall–Kier alpha value is -2.60. The highest BCUT2D eigenvalue weighted by atomic mass is 35.5. The molecule has 0 aliphatic carbocycles. The predicted molar refractivity (Wildman–Crippen MR) is 94.0 cm³/mol. The Labute approximate surface area is 154 Å². The maximum Gasteiger partial charge on any atom is 0.258 e. The molecule has 0 fully saturated rings. The van der Waals surface area contributed by atoms with Crippen molar-refractivity contribution >= 4 is 17.5 Å².